The Kier molecular flexibility index (Phi) is 7.71. The molecule has 1 heterocycles. The van der Waals surface area contributed by atoms with Crippen molar-refractivity contribution in [1.82, 2.24) is 25.4 Å². The van der Waals surface area contributed by atoms with Crippen LogP contribution in [0.2, 0.25) is 0 Å². The Hall–Kier alpha value is -1.24. The highest BCUT2D eigenvalue weighted by molar-refractivity contribution is 7.98. The zero-order valence-corrected chi connectivity index (χ0v) is 15.5. The first-order valence-electron chi connectivity index (χ1n) is 8.80. The average Bonchev–Trinajstić information content (AvgIpc) is 3.20. The number of guanidine groups is 1. The van der Waals surface area contributed by atoms with Gasteiger partial charge in [-0.15, -0.1) is 10.2 Å². The van der Waals surface area contributed by atoms with E-state index < -0.39 is 0 Å². The first-order chi connectivity index (χ1) is 11.3. The zero-order valence-electron chi connectivity index (χ0n) is 14.6. The van der Waals surface area contributed by atoms with Gasteiger partial charge in [0.2, 0.25) is 0 Å². The fraction of sp³-hybridized carbons (Fsp3) is 0.812. The molecule has 6 nitrogen and oxygen atoms in total. The van der Waals surface area contributed by atoms with Crippen molar-refractivity contribution >= 4 is 17.7 Å². The molecular weight excluding hydrogens is 308 g/mol. The maximum atomic E-state index is 4.60. The quantitative estimate of drug-likeness (QED) is 0.330. The smallest absolute Gasteiger partial charge is 0.191 e. The normalized spacial score (nSPS) is 14.9. The van der Waals surface area contributed by atoms with E-state index in [2.05, 4.69) is 50.5 Å². The largest absolute Gasteiger partial charge is 0.357 e. The highest BCUT2D eigenvalue weighted by Gasteiger charge is 2.23. The van der Waals surface area contributed by atoms with Gasteiger partial charge in [-0.3, -0.25) is 4.99 Å². The van der Waals surface area contributed by atoms with Crippen molar-refractivity contribution < 1.29 is 0 Å². The summed E-state index contributed by atoms with van der Waals surface area (Å²) in [6.45, 7) is 6.75. The molecule has 0 spiro atoms. The molecule has 7 heteroatoms. The summed E-state index contributed by atoms with van der Waals surface area (Å²) in [6.07, 6.45) is 9.22. The van der Waals surface area contributed by atoms with Crippen LogP contribution in [0.25, 0.3) is 0 Å². The molecule has 1 fully saturated rings. The molecule has 0 radical (unpaired) electrons. The van der Waals surface area contributed by atoms with Gasteiger partial charge in [0.1, 0.15) is 5.82 Å². The van der Waals surface area contributed by atoms with Crippen molar-refractivity contribution in [3.63, 3.8) is 0 Å². The van der Waals surface area contributed by atoms with Gasteiger partial charge in [0.05, 0.1) is 0 Å². The number of aliphatic imine (C=N–C) groups is 1. The molecule has 130 valence electrons. The molecule has 1 aliphatic rings. The second-order valence-electron chi connectivity index (χ2n) is 5.81. The van der Waals surface area contributed by atoms with Gasteiger partial charge < -0.3 is 15.2 Å². The maximum absolute atomic E-state index is 4.60. The standard InChI is InChI=1S/C16H30N6S/c1-4-17-15(18-5-2)19-12-8-11-14-20-21-16(23-3)22(14)13-9-6-7-10-13/h13H,4-12H2,1-3H3,(H2,17,18,19). The van der Waals surface area contributed by atoms with Gasteiger partial charge in [-0.1, -0.05) is 24.6 Å². The summed E-state index contributed by atoms with van der Waals surface area (Å²) >= 11 is 1.70. The molecule has 23 heavy (non-hydrogen) atoms. The van der Waals surface area contributed by atoms with E-state index in [4.69, 9.17) is 0 Å². The number of nitrogens with zero attached hydrogens (tertiary/aromatic N) is 4. The Bertz CT molecular complexity index is 485. The Morgan fingerprint density at radius 2 is 1.91 bits per heavy atom. The molecule has 0 amide bonds. The molecule has 0 aromatic carbocycles. The zero-order chi connectivity index (χ0) is 16.5. The number of hydrogen-bond donors (Lipinski definition) is 2. The fourth-order valence-corrected chi connectivity index (χ4v) is 3.66. The lowest BCUT2D eigenvalue weighted by atomic mass is 10.2. The van der Waals surface area contributed by atoms with E-state index in [1.165, 1.54) is 25.7 Å². The predicted octanol–water partition coefficient (Wildman–Crippen LogP) is 2.62. The number of thioether (sulfide) groups is 1. The highest BCUT2D eigenvalue weighted by atomic mass is 32.2. The molecule has 0 bridgehead atoms. The van der Waals surface area contributed by atoms with Crippen LogP contribution in [-0.4, -0.2) is 46.6 Å². The monoisotopic (exact) mass is 338 g/mol. The Balaban J connectivity index is 1.92. The average molecular weight is 339 g/mol. The molecule has 2 N–H and O–H groups in total. The van der Waals surface area contributed by atoms with Gasteiger partial charge in [-0.2, -0.15) is 0 Å². The van der Waals surface area contributed by atoms with Gasteiger partial charge in [-0.05, 0) is 39.4 Å². The van der Waals surface area contributed by atoms with Crippen LogP contribution in [-0.2, 0) is 6.42 Å². The second-order valence-corrected chi connectivity index (χ2v) is 6.58. The van der Waals surface area contributed by atoms with Crippen molar-refractivity contribution in [2.24, 2.45) is 4.99 Å². The molecule has 1 aromatic heterocycles. The second kappa shape index (κ2) is 9.80. The first-order valence-corrected chi connectivity index (χ1v) is 10.0. The lowest BCUT2D eigenvalue weighted by Gasteiger charge is -2.16. The molecule has 0 atom stereocenters. The number of nitrogens with one attached hydrogen (secondary N) is 2. The third-order valence-corrected chi connectivity index (χ3v) is 4.77. The lowest BCUT2D eigenvalue weighted by Crippen LogP contribution is -2.37. The minimum absolute atomic E-state index is 0.602. The molecule has 0 aliphatic heterocycles. The molecule has 2 rings (SSSR count). The van der Waals surface area contributed by atoms with Crippen molar-refractivity contribution in [1.29, 1.82) is 0 Å². The molecule has 0 saturated heterocycles. The van der Waals surface area contributed by atoms with Crippen LogP contribution < -0.4 is 10.6 Å². The predicted molar refractivity (Wildman–Crippen MR) is 97.3 cm³/mol. The Morgan fingerprint density at radius 1 is 1.22 bits per heavy atom. The molecular formula is C16H30N6S. The fourth-order valence-electron chi connectivity index (χ4n) is 3.08. The van der Waals surface area contributed by atoms with Crippen molar-refractivity contribution in [2.45, 2.75) is 63.6 Å². The minimum Gasteiger partial charge on any atom is -0.357 e. The SMILES string of the molecule is CCNC(=NCCCc1nnc(SC)n1C1CCCC1)NCC. The summed E-state index contributed by atoms with van der Waals surface area (Å²) in [7, 11) is 0. The van der Waals surface area contributed by atoms with E-state index in [0.29, 0.717) is 6.04 Å². The third-order valence-electron chi connectivity index (χ3n) is 4.12. The van der Waals surface area contributed by atoms with Crippen LogP contribution in [0.5, 0.6) is 0 Å². The van der Waals surface area contributed by atoms with Crippen LogP contribution in [0.15, 0.2) is 10.1 Å². The summed E-state index contributed by atoms with van der Waals surface area (Å²) in [4.78, 5) is 4.60. The lowest BCUT2D eigenvalue weighted by molar-refractivity contribution is 0.461. The summed E-state index contributed by atoms with van der Waals surface area (Å²) < 4.78 is 2.39. The van der Waals surface area contributed by atoms with Crippen molar-refractivity contribution in [3.05, 3.63) is 5.82 Å². The molecule has 1 saturated carbocycles. The van der Waals surface area contributed by atoms with E-state index in [0.717, 1.165) is 49.4 Å². The van der Waals surface area contributed by atoms with Crippen molar-refractivity contribution in [3.8, 4) is 0 Å². The van der Waals surface area contributed by atoms with Gasteiger partial charge in [0, 0.05) is 32.1 Å². The molecule has 0 unspecified atom stereocenters. The summed E-state index contributed by atoms with van der Waals surface area (Å²) in [5.41, 5.74) is 0. The number of rotatable bonds is 8. The van der Waals surface area contributed by atoms with E-state index in [-0.39, 0.29) is 0 Å². The summed E-state index contributed by atoms with van der Waals surface area (Å²) in [5.74, 6) is 2.03. The van der Waals surface area contributed by atoms with Gasteiger partial charge >= 0.3 is 0 Å². The van der Waals surface area contributed by atoms with E-state index in [1.54, 1.807) is 11.8 Å². The van der Waals surface area contributed by atoms with Crippen LogP contribution in [0.4, 0.5) is 0 Å². The number of aryl methyl sites for hydroxylation is 1. The van der Waals surface area contributed by atoms with Crippen LogP contribution >= 0.6 is 11.8 Å². The topological polar surface area (TPSA) is 67.1 Å². The summed E-state index contributed by atoms with van der Waals surface area (Å²) in [6, 6.07) is 0.602. The van der Waals surface area contributed by atoms with Crippen molar-refractivity contribution in [2.75, 3.05) is 25.9 Å². The number of hydrogen-bond acceptors (Lipinski definition) is 4. The Labute approximate surface area is 143 Å². The van der Waals surface area contributed by atoms with E-state index in [9.17, 15) is 0 Å². The van der Waals surface area contributed by atoms with Crippen LogP contribution in [0.3, 0.4) is 0 Å². The van der Waals surface area contributed by atoms with E-state index in [1.807, 2.05) is 0 Å². The van der Waals surface area contributed by atoms with Crippen LogP contribution in [0.1, 0.15) is 57.8 Å². The van der Waals surface area contributed by atoms with Gasteiger partial charge in [0.25, 0.3) is 0 Å². The van der Waals surface area contributed by atoms with Crippen LogP contribution in [0, 0.1) is 0 Å². The van der Waals surface area contributed by atoms with E-state index >= 15 is 0 Å². The minimum atomic E-state index is 0.602. The number of aromatic nitrogens is 3. The first kappa shape index (κ1) is 18.1. The Morgan fingerprint density at radius 3 is 2.52 bits per heavy atom. The maximum Gasteiger partial charge on any atom is 0.191 e. The molecule has 1 aromatic rings. The van der Waals surface area contributed by atoms with Gasteiger partial charge in [-0.25, -0.2) is 0 Å². The summed E-state index contributed by atoms with van der Waals surface area (Å²) in [5, 5.41) is 16.4. The highest BCUT2D eigenvalue weighted by Crippen LogP contribution is 2.33. The molecule has 1 aliphatic carbocycles. The van der Waals surface area contributed by atoms with Gasteiger partial charge in [0.15, 0.2) is 11.1 Å². The third kappa shape index (κ3) is 5.12.